The number of morpholine rings is 1. The third kappa shape index (κ3) is 2.00. The van der Waals surface area contributed by atoms with Crippen LogP contribution < -0.4 is 0 Å². The molecule has 2 saturated heterocycles. The number of ether oxygens (including phenoxy) is 1. The van der Waals surface area contributed by atoms with Gasteiger partial charge in [0.05, 0.1) is 25.3 Å². The maximum atomic E-state index is 12.5. The molecule has 2 heterocycles. The molecule has 4 heteroatoms. The number of amides is 1. The van der Waals surface area contributed by atoms with Gasteiger partial charge in [-0.1, -0.05) is 22.0 Å². The summed E-state index contributed by atoms with van der Waals surface area (Å²) in [5, 5.41) is 0. The summed E-state index contributed by atoms with van der Waals surface area (Å²) < 4.78 is 6.44. The zero-order valence-electron chi connectivity index (χ0n) is 9.43. The van der Waals surface area contributed by atoms with Crippen LogP contribution in [0.1, 0.15) is 23.2 Å². The molecule has 2 bridgehead atoms. The fourth-order valence-corrected chi connectivity index (χ4v) is 3.13. The molecule has 3 rings (SSSR count). The second kappa shape index (κ2) is 4.42. The monoisotopic (exact) mass is 295 g/mol. The summed E-state index contributed by atoms with van der Waals surface area (Å²) in [6.07, 6.45) is 2.15. The second-order valence-electron chi connectivity index (χ2n) is 4.65. The molecule has 1 aromatic carbocycles. The summed E-state index contributed by atoms with van der Waals surface area (Å²) in [4.78, 5) is 14.5. The predicted molar refractivity (Wildman–Crippen MR) is 67.9 cm³/mol. The quantitative estimate of drug-likeness (QED) is 0.796. The van der Waals surface area contributed by atoms with Crippen LogP contribution in [0.4, 0.5) is 0 Å². The lowest BCUT2D eigenvalue weighted by Crippen LogP contribution is -2.49. The smallest absolute Gasteiger partial charge is 0.254 e. The molecular weight excluding hydrogens is 282 g/mol. The van der Waals surface area contributed by atoms with Gasteiger partial charge in [0.25, 0.3) is 5.91 Å². The zero-order chi connectivity index (χ0) is 11.8. The Bertz CT molecular complexity index is 433. The highest BCUT2D eigenvalue weighted by molar-refractivity contribution is 9.10. The molecule has 0 aromatic heterocycles. The lowest BCUT2D eigenvalue weighted by Gasteiger charge is -2.34. The highest BCUT2D eigenvalue weighted by Crippen LogP contribution is 2.30. The first-order valence-corrected chi connectivity index (χ1v) is 6.71. The van der Waals surface area contributed by atoms with Gasteiger partial charge in [0.1, 0.15) is 0 Å². The fraction of sp³-hybridized carbons (Fsp3) is 0.462. The molecule has 0 aliphatic carbocycles. The molecule has 17 heavy (non-hydrogen) atoms. The zero-order valence-corrected chi connectivity index (χ0v) is 11.0. The molecule has 1 amide bonds. The van der Waals surface area contributed by atoms with Gasteiger partial charge in [0.15, 0.2) is 0 Å². The Balaban J connectivity index is 1.87. The molecule has 90 valence electrons. The van der Waals surface area contributed by atoms with Gasteiger partial charge in [-0.2, -0.15) is 0 Å². The molecule has 0 saturated carbocycles. The van der Waals surface area contributed by atoms with Crippen molar-refractivity contribution in [2.75, 3.05) is 13.2 Å². The number of benzene rings is 1. The van der Waals surface area contributed by atoms with Crippen molar-refractivity contribution >= 4 is 21.8 Å². The largest absolute Gasteiger partial charge is 0.377 e. The summed E-state index contributed by atoms with van der Waals surface area (Å²) in [6.45, 7) is 1.38. The standard InChI is InChI=1S/C13H14BrNO2/c14-10-3-1-2-9(6-10)13(16)15-11-4-5-12(15)8-17-7-11/h1-3,6,11-12H,4-5,7-8H2/t11-,12?/m0/s1. The number of carbonyl (C=O) groups excluding carboxylic acids is 1. The summed E-state index contributed by atoms with van der Waals surface area (Å²) in [7, 11) is 0. The maximum Gasteiger partial charge on any atom is 0.254 e. The summed E-state index contributed by atoms with van der Waals surface area (Å²) in [5.74, 6) is 0.141. The van der Waals surface area contributed by atoms with Crippen molar-refractivity contribution in [2.45, 2.75) is 24.9 Å². The first kappa shape index (κ1) is 11.2. The lowest BCUT2D eigenvalue weighted by molar-refractivity contribution is -0.00716. The Labute approximate surface area is 109 Å². The van der Waals surface area contributed by atoms with Crippen molar-refractivity contribution in [2.24, 2.45) is 0 Å². The van der Waals surface area contributed by atoms with E-state index in [-0.39, 0.29) is 18.0 Å². The average molecular weight is 296 g/mol. The number of rotatable bonds is 1. The van der Waals surface area contributed by atoms with E-state index in [1.165, 1.54) is 0 Å². The van der Waals surface area contributed by atoms with E-state index in [0.29, 0.717) is 13.2 Å². The number of hydrogen-bond acceptors (Lipinski definition) is 2. The van der Waals surface area contributed by atoms with E-state index < -0.39 is 0 Å². The number of halogens is 1. The summed E-state index contributed by atoms with van der Waals surface area (Å²) in [6, 6.07) is 8.16. The first-order valence-electron chi connectivity index (χ1n) is 5.91. The van der Waals surface area contributed by atoms with Crippen molar-refractivity contribution in [1.29, 1.82) is 0 Å². The Morgan fingerprint density at radius 1 is 1.29 bits per heavy atom. The van der Waals surface area contributed by atoms with Crippen LogP contribution in [0, 0.1) is 0 Å². The van der Waals surface area contributed by atoms with E-state index in [0.717, 1.165) is 22.9 Å². The molecule has 3 nitrogen and oxygen atoms in total. The number of carbonyl (C=O) groups is 1. The van der Waals surface area contributed by atoms with Crippen LogP contribution in [-0.2, 0) is 4.74 Å². The van der Waals surface area contributed by atoms with Crippen LogP contribution in [0.3, 0.4) is 0 Å². The molecule has 0 N–H and O–H groups in total. The highest BCUT2D eigenvalue weighted by atomic mass is 79.9. The van der Waals surface area contributed by atoms with Crippen molar-refractivity contribution in [3.63, 3.8) is 0 Å². The first-order chi connectivity index (χ1) is 8.25. The maximum absolute atomic E-state index is 12.5. The molecule has 2 fully saturated rings. The van der Waals surface area contributed by atoms with Crippen molar-refractivity contribution in [3.05, 3.63) is 34.3 Å². The fourth-order valence-electron chi connectivity index (χ4n) is 2.73. The van der Waals surface area contributed by atoms with E-state index in [9.17, 15) is 4.79 Å². The lowest BCUT2D eigenvalue weighted by atomic mass is 10.1. The predicted octanol–water partition coefficient (Wildman–Crippen LogP) is 2.45. The van der Waals surface area contributed by atoms with Crippen molar-refractivity contribution < 1.29 is 9.53 Å². The third-order valence-corrected chi connectivity index (χ3v) is 4.04. The van der Waals surface area contributed by atoms with Gasteiger partial charge in [-0.05, 0) is 31.0 Å². The minimum atomic E-state index is 0.141. The minimum absolute atomic E-state index is 0.141. The van der Waals surface area contributed by atoms with E-state index in [1.54, 1.807) is 0 Å². The molecule has 2 aliphatic heterocycles. The average Bonchev–Trinajstić information content (AvgIpc) is 2.58. The van der Waals surface area contributed by atoms with Gasteiger partial charge in [-0.15, -0.1) is 0 Å². The van der Waals surface area contributed by atoms with Gasteiger partial charge in [0.2, 0.25) is 0 Å². The molecule has 1 aromatic rings. The van der Waals surface area contributed by atoms with Gasteiger partial charge >= 0.3 is 0 Å². The molecule has 1 unspecified atom stereocenters. The van der Waals surface area contributed by atoms with Crippen LogP contribution in [-0.4, -0.2) is 36.1 Å². The van der Waals surface area contributed by atoms with Crippen molar-refractivity contribution in [1.82, 2.24) is 4.90 Å². The Hall–Kier alpha value is -0.870. The van der Waals surface area contributed by atoms with Gasteiger partial charge in [-0.3, -0.25) is 4.79 Å². The van der Waals surface area contributed by atoms with E-state index in [2.05, 4.69) is 15.9 Å². The molecule has 2 atom stereocenters. The van der Waals surface area contributed by atoms with E-state index in [1.807, 2.05) is 29.2 Å². The number of hydrogen-bond donors (Lipinski definition) is 0. The molecular formula is C13H14BrNO2. The Morgan fingerprint density at radius 3 is 2.65 bits per heavy atom. The number of fused-ring (bicyclic) bond motifs is 2. The Morgan fingerprint density at radius 2 is 2.00 bits per heavy atom. The van der Waals surface area contributed by atoms with E-state index in [4.69, 9.17) is 4.74 Å². The second-order valence-corrected chi connectivity index (χ2v) is 5.56. The molecule has 0 spiro atoms. The third-order valence-electron chi connectivity index (χ3n) is 3.55. The van der Waals surface area contributed by atoms with Gasteiger partial charge < -0.3 is 9.64 Å². The van der Waals surface area contributed by atoms with Crippen LogP contribution >= 0.6 is 15.9 Å². The summed E-state index contributed by atoms with van der Waals surface area (Å²) >= 11 is 3.40. The SMILES string of the molecule is O=C(c1cccc(Br)c1)N1C2CC[C@H]1COC2. The minimum Gasteiger partial charge on any atom is -0.377 e. The van der Waals surface area contributed by atoms with Crippen LogP contribution in [0.25, 0.3) is 0 Å². The van der Waals surface area contributed by atoms with Gasteiger partial charge in [0, 0.05) is 10.0 Å². The highest BCUT2D eigenvalue weighted by Gasteiger charge is 2.40. The topological polar surface area (TPSA) is 29.5 Å². The Kier molecular flexibility index (Phi) is 2.92. The normalized spacial score (nSPS) is 27.2. The van der Waals surface area contributed by atoms with Crippen LogP contribution in [0.2, 0.25) is 0 Å². The van der Waals surface area contributed by atoms with Gasteiger partial charge in [-0.25, -0.2) is 0 Å². The molecule has 2 aliphatic rings. The number of nitrogens with zero attached hydrogens (tertiary/aromatic N) is 1. The van der Waals surface area contributed by atoms with Crippen molar-refractivity contribution in [3.8, 4) is 0 Å². The van der Waals surface area contributed by atoms with Crippen LogP contribution in [0.5, 0.6) is 0 Å². The summed E-state index contributed by atoms with van der Waals surface area (Å²) in [5.41, 5.74) is 0.762. The molecule has 0 radical (unpaired) electrons. The van der Waals surface area contributed by atoms with E-state index >= 15 is 0 Å². The van der Waals surface area contributed by atoms with Crippen LogP contribution in [0.15, 0.2) is 28.7 Å².